The Morgan fingerprint density at radius 2 is 0.644 bits per heavy atom. The van der Waals surface area contributed by atoms with Crippen molar-refractivity contribution in [2.75, 3.05) is 0 Å². The molecule has 0 aliphatic carbocycles. The lowest BCUT2D eigenvalue weighted by molar-refractivity contribution is -0.355. The van der Waals surface area contributed by atoms with E-state index in [1.807, 2.05) is 0 Å². The van der Waals surface area contributed by atoms with E-state index in [0.29, 0.717) is 12.8 Å². The highest BCUT2D eigenvalue weighted by atomic mass is 16.7. The summed E-state index contributed by atoms with van der Waals surface area (Å²) in [6.45, 7) is 10.8. The molecule has 5 nitrogen and oxygen atoms in total. The quantitative estimate of drug-likeness (QED) is 0.0370. The molecule has 0 fully saturated rings. The fourth-order valence-corrected chi connectivity index (χ4v) is 6.80. The smallest absolute Gasteiger partial charge is 0.295 e. The van der Waals surface area contributed by atoms with E-state index < -0.39 is 23.0 Å². The summed E-state index contributed by atoms with van der Waals surface area (Å²) in [6.07, 6.45) is 31.2. The lowest BCUT2D eigenvalue weighted by Crippen LogP contribution is -2.58. The minimum absolute atomic E-state index is 0.0950. The number of hydrogen-bond acceptors (Lipinski definition) is 5. The molecule has 0 aromatic heterocycles. The van der Waals surface area contributed by atoms with Gasteiger partial charge in [-0.1, -0.05) is 189 Å². The second kappa shape index (κ2) is 28.3. The van der Waals surface area contributed by atoms with Crippen LogP contribution < -0.4 is 0 Å². The number of carbonyl (C=O) groups is 2. The molecule has 0 unspecified atom stereocenters. The van der Waals surface area contributed by atoms with Crippen LogP contribution in [-0.4, -0.2) is 32.9 Å². The van der Waals surface area contributed by atoms with Crippen molar-refractivity contribution in [2.45, 2.75) is 227 Å². The van der Waals surface area contributed by atoms with Crippen molar-refractivity contribution in [2.24, 2.45) is 17.3 Å². The van der Waals surface area contributed by atoms with Crippen LogP contribution in [0.5, 0.6) is 0 Å². The van der Waals surface area contributed by atoms with Gasteiger partial charge in [0.15, 0.2) is 17.0 Å². The summed E-state index contributed by atoms with van der Waals surface area (Å²) in [4.78, 5) is 26.4. The van der Waals surface area contributed by atoms with Crippen LogP contribution in [0.3, 0.4) is 0 Å². The first kappa shape index (κ1) is 44.2. The number of ketones is 2. The van der Waals surface area contributed by atoms with E-state index in [0.717, 1.165) is 50.4 Å². The van der Waals surface area contributed by atoms with Crippen molar-refractivity contribution < 1.29 is 24.9 Å². The van der Waals surface area contributed by atoms with Gasteiger partial charge in [-0.2, -0.15) is 0 Å². The number of rotatable bonds is 34. The third-order valence-electron chi connectivity index (χ3n) is 9.93. The molecule has 0 amide bonds. The van der Waals surface area contributed by atoms with Crippen LogP contribution in [0.1, 0.15) is 221 Å². The lowest BCUT2D eigenvalue weighted by Gasteiger charge is -2.36. The maximum absolute atomic E-state index is 13.2. The normalized spacial score (nSPS) is 12.5. The van der Waals surface area contributed by atoms with E-state index in [2.05, 4.69) is 27.7 Å². The van der Waals surface area contributed by atoms with Crippen molar-refractivity contribution in [3.8, 4) is 0 Å². The number of aliphatic hydroxyl groups is 3. The molecule has 0 rings (SSSR count). The topological polar surface area (TPSA) is 94.8 Å². The van der Waals surface area contributed by atoms with Crippen molar-refractivity contribution in [3.05, 3.63) is 0 Å². The maximum Gasteiger partial charge on any atom is 0.295 e. The molecule has 0 radical (unpaired) electrons. The van der Waals surface area contributed by atoms with Crippen LogP contribution in [0.15, 0.2) is 0 Å². The number of unbranched alkanes of at least 4 members (excludes halogenated alkanes) is 22. The summed E-state index contributed by atoms with van der Waals surface area (Å²) in [7, 11) is 0. The van der Waals surface area contributed by atoms with E-state index in [4.69, 9.17) is 0 Å². The Labute approximate surface area is 280 Å². The lowest BCUT2D eigenvalue weighted by atomic mass is 9.71. The molecular weight excluding hydrogens is 560 g/mol. The second-order valence-corrected chi connectivity index (χ2v) is 15.1. The highest BCUT2D eigenvalue weighted by Crippen LogP contribution is 2.38. The zero-order chi connectivity index (χ0) is 33.8. The molecule has 0 heterocycles. The Balaban J connectivity index is 4.09. The number of Topliss-reactive ketones (excluding diaryl/α,β-unsaturated/α-hetero) is 2. The van der Waals surface area contributed by atoms with Gasteiger partial charge in [-0.3, -0.25) is 9.59 Å². The molecule has 0 aromatic rings. The molecule has 0 spiro atoms. The van der Waals surface area contributed by atoms with Gasteiger partial charge in [0, 0.05) is 12.8 Å². The Bertz CT molecular complexity index is 645. The molecule has 0 atom stereocenters. The maximum atomic E-state index is 13.2. The molecule has 0 bridgehead atoms. The van der Waals surface area contributed by atoms with E-state index in [-0.39, 0.29) is 19.3 Å². The number of hydrogen-bond donors (Lipinski definition) is 3. The predicted molar refractivity (Wildman–Crippen MR) is 191 cm³/mol. The Morgan fingerprint density at radius 1 is 0.422 bits per heavy atom. The Kier molecular flexibility index (Phi) is 27.8. The molecule has 0 saturated heterocycles. The van der Waals surface area contributed by atoms with Gasteiger partial charge in [-0.05, 0) is 31.1 Å². The molecule has 268 valence electrons. The van der Waals surface area contributed by atoms with Gasteiger partial charge in [0.05, 0.1) is 0 Å². The first-order valence-electron chi connectivity index (χ1n) is 19.7. The van der Waals surface area contributed by atoms with Crippen molar-refractivity contribution >= 4 is 11.6 Å². The van der Waals surface area contributed by atoms with E-state index in [1.54, 1.807) is 6.92 Å². The minimum Gasteiger partial charge on any atom is -0.342 e. The number of carbonyl (C=O) groups excluding carboxylic acids is 2. The summed E-state index contributed by atoms with van der Waals surface area (Å²) >= 11 is 0. The summed E-state index contributed by atoms with van der Waals surface area (Å²) in [5, 5.41) is 30.6. The van der Waals surface area contributed by atoms with Crippen molar-refractivity contribution in [3.63, 3.8) is 0 Å². The summed E-state index contributed by atoms with van der Waals surface area (Å²) in [5.74, 6) is -2.74. The van der Waals surface area contributed by atoms with Crippen molar-refractivity contribution in [1.29, 1.82) is 0 Å². The zero-order valence-corrected chi connectivity index (χ0v) is 30.8. The highest BCUT2D eigenvalue weighted by molar-refractivity contribution is 6.07. The average Bonchev–Trinajstić information content (AvgIpc) is 2.97. The predicted octanol–water partition coefficient (Wildman–Crippen LogP) is 11.4. The second-order valence-electron chi connectivity index (χ2n) is 15.1. The zero-order valence-electron chi connectivity index (χ0n) is 30.8. The van der Waals surface area contributed by atoms with Gasteiger partial charge in [-0.15, -0.1) is 0 Å². The van der Waals surface area contributed by atoms with E-state index in [1.165, 1.54) is 116 Å². The largest absolute Gasteiger partial charge is 0.342 e. The Hall–Kier alpha value is -0.780. The first-order chi connectivity index (χ1) is 21.5. The molecule has 45 heavy (non-hydrogen) atoms. The van der Waals surface area contributed by atoms with Crippen LogP contribution in [0.25, 0.3) is 0 Å². The SMILES string of the molecule is CCC(C(=O)CCCCCCCCCCCCCCC(C)C)(C(=O)CCCCCCCCCCCCCCC(C)C)C(O)(O)O. The van der Waals surface area contributed by atoms with Gasteiger partial charge >= 0.3 is 0 Å². The fraction of sp³-hybridized carbons (Fsp3) is 0.950. The Morgan fingerprint density at radius 3 is 0.844 bits per heavy atom. The monoisotopic (exact) mass is 639 g/mol. The standard InChI is InChI=1S/C40H78O5/c1-6-39(40(43,44)45,37(41)33-29-25-21-17-13-9-7-11-15-19-23-27-31-35(2)3)38(42)34-30-26-22-18-14-10-8-12-16-20-24-28-32-36(4)5/h35-36,43-45H,6-34H2,1-5H3. The molecular formula is C40H78O5. The molecule has 0 aliphatic rings. The average molecular weight is 639 g/mol. The fourth-order valence-electron chi connectivity index (χ4n) is 6.80. The molecule has 0 aliphatic heterocycles. The minimum atomic E-state index is -3.32. The molecule has 3 N–H and O–H groups in total. The van der Waals surface area contributed by atoms with Gasteiger partial charge in [0.2, 0.25) is 0 Å². The third-order valence-corrected chi connectivity index (χ3v) is 9.93. The van der Waals surface area contributed by atoms with Gasteiger partial charge in [0.25, 0.3) is 5.97 Å². The first-order valence-corrected chi connectivity index (χ1v) is 19.7. The third kappa shape index (κ3) is 22.4. The van der Waals surface area contributed by atoms with Crippen LogP contribution >= 0.6 is 0 Å². The molecule has 0 aromatic carbocycles. The van der Waals surface area contributed by atoms with E-state index in [9.17, 15) is 24.9 Å². The summed E-state index contributed by atoms with van der Waals surface area (Å²) < 4.78 is 0. The highest BCUT2D eigenvalue weighted by Gasteiger charge is 2.57. The van der Waals surface area contributed by atoms with Crippen LogP contribution in [0.2, 0.25) is 0 Å². The van der Waals surface area contributed by atoms with Crippen LogP contribution in [0.4, 0.5) is 0 Å². The van der Waals surface area contributed by atoms with Crippen LogP contribution in [-0.2, 0) is 9.59 Å². The van der Waals surface area contributed by atoms with E-state index >= 15 is 0 Å². The van der Waals surface area contributed by atoms with Crippen LogP contribution in [0, 0.1) is 17.3 Å². The van der Waals surface area contributed by atoms with Gasteiger partial charge in [-0.25, -0.2) is 0 Å². The van der Waals surface area contributed by atoms with Crippen molar-refractivity contribution in [1.82, 2.24) is 0 Å². The summed E-state index contributed by atoms with van der Waals surface area (Å²) in [6, 6.07) is 0. The van der Waals surface area contributed by atoms with Gasteiger partial charge < -0.3 is 15.3 Å². The molecule has 0 saturated carbocycles. The van der Waals surface area contributed by atoms with Gasteiger partial charge in [0.1, 0.15) is 0 Å². The summed E-state index contributed by atoms with van der Waals surface area (Å²) in [5.41, 5.74) is -2.14. The molecule has 5 heteroatoms.